The number of nitrogens with zero attached hydrogens (tertiary/aromatic N) is 1. The molecule has 0 aliphatic carbocycles. The quantitative estimate of drug-likeness (QED) is 0.742. The second-order valence-corrected chi connectivity index (χ2v) is 5.42. The van der Waals surface area contributed by atoms with Crippen molar-refractivity contribution in [2.75, 3.05) is 11.9 Å². The minimum atomic E-state index is -0.368. The minimum Gasteiger partial charge on any atom is -0.356 e. The first-order chi connectivity index (χ1) is 10.6. The van der Waals surface area contributed by atoms with E-state index in [1.807, 2.05) is 6.92 Å². The molecule has 0 unspecified atom stereocenters. The van der Waals surface area contributed by atoms with E-state index in [0.29, 0.717) is 22.9 Å². The smallest absolute Gasteiger partial charge is 0.258 e. The topological polar surface area (TPSA) is 104 Å². The summed E-state index contributed by atoms with van der Waals surface area (Å²) in [6.07, 6.45) is 2.40. The highest BCUT2D eigenvalue weighted by Crippen LogP contribution is 2.16. The van der Waals surface area contributed by atoms with E-state index in [2.05, 4.69) is 20.6 Å². The number of anilines is 1. The zero-order valence-electron chi connectivity index (χ0n) is 12.0. The number of rotatable bonds is 6. The molecule has 0 bridgehead atoms. The molecule has 2 amide bonds. The maximum Gasteiger partial charge on any atom is 0.258 e. The van der Waals surface area contributed by atoms with Crippen LogP contribution in [-0.4, -0.2) is 28.3 Å². The van der Waals surface area contributed by atoms with Gasteiger partial charge in [0.1, 0.15) is 0 Å². The summed E-state index contributed by atoms with van der Waals surface area (Å²) in [5.74, 6) is -0.460. The number of thiazole rings is 1. The molecule has 3 N–H and O–H groups in total. The standard InChI is InChI=1S/C14H16N4O3S/c1-2-5-15-12(20)6-10-8-22-14(17-10)18-13(21)9-3-4-11(19)16-7-9/h3-4,7-8H,2,5-6H2,1H3,(H,15,20)(H,16,19)(H,17,18,21). The third-order valence-corrected chi connectivity index (χ3v) is 3.54. The maximum atomic E-state index is 12.0. The Labute approximate surface area is 130 Å². The number of aromatic amines is 1. The Morgan fingerprint density at radius 3 is 2.86 bits per heavy atom. The van der Waals surface area contributed by atoms with Gasteiger partial charge in [-0.3, -0.25) is 19.7 Å². The van der Waals surface area contributed by atoms with Crippen molar-refractivity contribution in [1.82, 2.24) is 15.3 Å². The summed E-state index contributed by atoms with van der Waals surface area (Å²) >= 11 is 1.25. The van der Waals surface area contributed by atoms with Crippen LogP contribution in [0.2, 0.25) is 0 Å². The molecule has 22 heavy (non-hydrogen) atoms. The van der Waals surface area contributed by atoms with E-state index in [9.17, 15) is 14.4 Å². The molecule has 2 rings (SSSR count). The second-order valence-electron chi connectivity index (χ2n) is 4.57. The fourth-order valence-electron chi connectivity index (χ4n) is 1.66. The predicted octanol–water partition coefficient (Wildman–Crippen LogP) is 1.15. The fraction of sp³-hybridized carbons (Fsp3) is 0.286. The van der Waals surface area contributed by atoms with Crippen molar-refractivity contribution in [2.45, 2.75) is 19.8 Å². The summed E-state index contributed by atoms with van der Waals surface area (Å²) in [6, 6.07) is 2.71. The average molecular weight is 320 g/mol. The summed E-state index contributed by atoms with van der Waals surface area (Å²) in [5.41, 5.74) is 0.665. The number of amides is 2. The number of carbonyl (C=O) groups excluding carboxylic acids is 2. The Balaban J connectivity index is 1.94. The van der Waals surface area contributed by atoms with E-state index in [1.165, 1.54) is 29.7 Å². The van der Waals surface area contributed by atoms with E-state index in [0.717, 1.165) is 6.42 Å². The van der Waals surface area contributed by atoms with Crippen LogP contribution in [0, 0.1) is 0 Å². The third-order valence-electron chi connectivity index (χ3n) is 2.73. The van der Waals surface area contributed by atoms with E-state index in [4.69, 9.17) is 0 Å². The molecule has 7 nitrogen and oxygen atoms in total. The molecule has 0 radical (unpaired) electrons. The molecule has 0 saturated carbocycles. The van der Waals surface area contributed by atoms with Gasteiger partial charge in [-0.05, 0) is 12.5 Å². The van der Waals surface area contributed by atoms with Gasteiger partial charge >= 0.3 is 0 Å². The van der Waals surface area contributed by atoms with Gasteiger partial charge in [0.15, 0.2) is 5.13 Å². The van der Waals surface area contributed by atoms with Crippen molar-refractivity contribution in [2.24, 2.45) is 0 Å². The lowest BCUT2D eigenvalue weighted by Gasteiger charge is -2.01. The van der Waals surface area contributed by atoms with Crippen molar-refractivity contribution in [3.8, 4) is 0 Å². The molecule has 2 aromatic rings. The molecule has 0 aliphatic heterocycles. The largest absolute Gasteiger partial charge is 0.356 e. The number of hydrogen-bond acceptors (Lipinski definition) is 5. The van der Waals surface area contributed by atoms with Gasteiger partial charge in [0.2, 0.25) is 11.5 Å². The van der Waals surface area contributed by atoms with Crippen molar-refractivity contribution in [3.63, 3.8) is 0 Å². The lowest BCUT2D eigenvalue weighted by atomic mass is 10.3. The summed E-state index contributed by atoms with van der Waals surface area (Å²) in [5, 5.41) is 7.54. The predicted molar refractivity (Wildman–Crippen MR) is 84.1 cm³/mol. The van der Waals surface area contributed by atoms with Gasteiger partial charge in [0.25, 0.3) is 5.91 Å². The van der Waals surface area contributed by atoms with Crippen LogP contribution in [0.15, 0.2) is 28.5 Å². The van der Waals surface area contributed by atoms with Crippen LogP contribution in [0.5, 0.6) is 0 Å². The number of H-pyrrole nitrogens is 1. The Bertz CT molecular complexity index is 702. The molecule has 116 valence electrons. The van der Waals surface area contributed by atoms with Crippen LogP contribution in [0.1, 0.15) is 29.4 Å². The first-order valence-electron chi connectivity index (χ1n) is 6.79. The van der Waals surface area contributed by atoms with Crippen molar-refractivity contribution >= 4 is 28.3 Å². The second kappa shape index (κ2) is 7.51. The molecule has 2 aromatic heterocycles. The van der Waals surface area contributed by atoms with Crippen LogP contribution in [0.25, 0.3) is 0 Å². The highest BCUT2D eigenvalue weighted by atomic mass is 32.1. The van der Waals surface area contributed by atoms with E-state index in [-0.39, 0.29) is 23.8 Å². The van der Waals surface area contributed by atoms with Gasteiger partial charge in [-0.2, -0.15) is 0 Å². The van der Waals surface area contributed by atoms with E-state index < -0.39 is 0 Å². The molecule has 0 atom stereocenters. The van der Waals surface area contributed by atoms with Gasteiger partial charge in [-0.1, -0.05) is 6.92 Å². The van der Waals surface area contributed by atoms with E-state index in [1.54, 1.807) is 5.38 Å². The lowest BCUT2D eigenvalue weighted by Crippen LogP contribution is -2.25. The summed E-state index contributed by atoms with van der Waals surface area (Å²) < 4.78 is 0. The third kappa shape index (κ3) is 4.52. The van der Waals surface area contributed by atoms with Crippen molar-refractivity contribution in [1.29, 1.82) is 0 Å². The Kier molecular flexibility index (Phi) is 5.42. The maximum absolute atomic E-state index is 12.0. The van der Waals surface area contributed by atoms with Gasteiger partial charge in [0, 0.05) is 24.2 Å². The van der Waals surface area contributed by atoms with Crippen LogP contribution in [0.4, 0.5) is 5.13 Å². The van der Waals surface area contributed by atoms with Gasteiger partial charge in [0.05, 0.1) is 17.7 Å². The molecule has 2 heterocycles. The van der Waals surface area contributed by atoms with Gasteiger partial charge < -0.3 is 10.3 Å². The number of pyridine rings is 1. The normalized spacial score (nSPS) is 10.2. The molecule has 0 aliphatic rings. The van der Waals surface area contributed by atoms with Crippen LogP contribution in [-0.2, 0) is 11.2 Å². The Morgan fingerprint density at radius 2 is 2.18 bits per heavy atom. The first-order valence-corrected chi connectivity index (χ1v) is 7.67. The molecule has 0 saturated heterocycles. The van der Waals surface area contributed by atoms with Gasteiger partial charge in [-0.25, -0.2) is 4.98 Å². The van der Waals surface area contributed by atoms with Crippen LogP contribution < -0.4 is 16.2 Å². The first kappa shape index (κ1) is 15.9. The Morgan fingerprint density at radius 1 is 1.36 bits per heavy atom. The van der Waals surface area contributed by atoms with Crippen molar-refractivity contribution in [3.05, 3.63) is 45.3 Å². The monoisotopic (exact) mass is 320 g/mol. The van der Waals surface area contributed by atoms with Gasteiger partial charge in [-0.15, -0.1) is 11.3 Å². The molecule has 0 fully saturated rings. The highest BCUT2D eigenvalue weighted by molar-refractivity contribution is 7.14. The fourth-order valence-corrected chi connectivity index (χ4v) is 2.36. The van der Waals surface area contributed by atoms with E-state index >= 15 is 0 Å². The molecule has 8 heteroatoms. The van der Waals surface area contributed by atoms with Crippen molar-refractivity contribution < 1.29 is 9.59 Å². The Hall–Kier alpha value is -2.48. The zero-order chi connectivity index (χ0) is 15.9. The molecular weight excluding hydrogens is 304 g/mol. The molecule has 0 spiro atoms. The molecular formula is C14H16N4O3S. The highest BCUT2D eigenvalue weighted by Gasteiger charge is 2.11. The molecule has 0 aromatic carbocycles. The zero-order valence-corrected chi connectivity index (χ0v) is 12.8. The summed E-state index contributed by atoms with van der Waals surface area (Å²) in [4.78, 5) is 41.1. The number of nitrogens with one attached hydrogen (secondary N) is 3. The number of carbonyl (C=O) groups is 2. The summed E-state index contributed by atoms with van der Waals surface area (Å²) in [7, 11) is 0. The van der Waals surface area contributed by atoms with Crippen LogP contribution in [0.3, 0.4) is 0 Å². The number of hydrogen-bond donors (Lipinski definition) is 3. The number of aromatic nitrogens is 2. The minimum absolute atomic E-state index is 0.0920. The lowest BCUT2D eigenvalue weighted by molar-refractivity contribution is -0.120. The van der Waals surface area contributed by atoms with Crippen LogP contribution >= 0.6 is 11.3 Å². The summed E-state index contributed by atoms with van der Waals surface area (Å²) in [6.45, 7) is 2.62. The SMILES string of the molecule is CCCNC(=O)Cc1csc(NC(=O)c2ccc(=O)[nH]c2)n1. The average Bonchev–Trinajstić information content (AvgIpc) is 2.92.